The third-order valence-electron chi connectivity index (χ3n) is 7.51. The van der Waals surface area contributed by atoms with E-state index in [2.05, 4.69) is 31.2 Å². The third kappa shape index (κ3) is 7.86. The Kier molecular flexibility index (Phi) is 9.36. The van der Waals surface area contributed by atoms with E-state index in [1.165, 1.54) is 31.0 Å². The lowest BCUT2D eigenvalue weighted by molar-refractivity contribution is 0.102. The van der Waals surface area contributed by atoms with Gasteiger partial charge in [0.25, 0.3) is 5.91 Å². The van der Waals surface area contributed by atoms with Crippen molar-refractivity contribution in [3.63, 3.8) is 0 Å². The SMILES string of the molecule is Cc1cccc(CCN2CCN(C(=O)Oc3ccc(NC(=O)c4ccc(CN5CCCCC5)cc4)nc3)CC2)n1. The standard InChI is InChI=1S/C31H38N6O3/c1-24-6-5-7-27(33-24)14-17-35-18-20-37(21-19-35)31(39)40-28-12-13-29(32-22-28)34-30(38)26-10-8-25(9-11-26)23-36-15-3-2-4-16-36/h5-13,22H,2-4,14-21,23H2,1H3,(H,32,34,38). The lowest BCUT2D eigenvalue weighted by Gasteiger charge is -2.33. The smallest absolute Gasteiger partial charge is 0.409 e. The topological polar surface area (TPSA) is 90.9 Å². The average molecular weight is 543 g/mol. The fraction of sp³-hybridized carbons (Fsp3) is 0.419. The molecule has 1 N–H and O–H groups in total. The van der Waals surface area contributed by atoms with E-state index in [9.17, 15) is 9.59 Å². The summed E-state index contributed by atoms with van der Waals surface area (Å²) >= 11 is 0. The maximum atomic E-state index is 12.7. The Balaban J connectivity index is 1.04. The minimum atomic E-state index is -0.386. The Morgan fingerprint density at radius 1 is 0.875 bits per heavy atom. The number of pyridine rings is 2. The van der Waals surface area contributed by atoms with E-state index < -0.39 is 0 Å². The second kappa shape index (κ2) is 13.5. The number of nitrogens with zero attached hydrogens (tertiary/aromatic N) is 5. The molecule has 5 rings (SSSR count). The highest BCUT2D eigenvalue weighted by Gasteiger charge is 2.23. The van der Waals surface area contributed by atoms with E-state index in [1.807, 2.05) is 43.3 Å². The highest BCUT2D eigenvalue weighted by Crippen LogP contribution is 2.17. The van der Waals surface area contributed by atoms with Gasteiger partial charge in [0.1, 0.15) is 5.82 Å². The number of carbonyl (C=O) groups excluding carboxylic acids is 2. The number of likely N-dealkylation sites (tertiary alicyclic amines) is 1. The van der Waals surface area contributed by atoms with Gasteiger partial charge in [-0.1, -0.05) is 24.6 Å². The summed E-state index contributed by atoms with van der Waals surface area (Å²) in [6, 6.07) is 17.1. The maximum absolute atomic E-state index is 12.7. The first kappa shape index (κ1) is 27.7. The summed E-state index contributed by atoms with van der Waals surface area (Å²) in [4.78, 5) is 40.7. The van der Waals surface area contributed by atoms with E-state index in [1.54, 1.807) is 17.0 Å². The molecule has 40 heavy (non-hydrogen) atoms. The maximum Gasteiger partial charge on any atom is 0.415 e. The van der Waals surface area contributed by atoms with Gasteiger partial charge in [0.2, 0.25) is 0 Å². The molecule has 9 heteroatoms. The second-order valence-corrected chi connectivity index (χ2v) is 10.6. The quantitative estimate of drug-likeness (QED) is 0.452. The van der Waals surface area contributed by atoms with E-state index in [-0.39, 0.29) is 12.0 Å². The van der Waals surface area contributed by atoms with Gasteiger partial charge in [-0.3, -0.25) is 19.6 Å². The monoisotopic (exact) mass is 542 g/mol. The average Bonchev–Trinajstić information content (AvgIpc) is 2.98. The van der Waals surface area contributed by atoms with E-state index in [4.69, 9.17) is 4.74 Å². The van der Waals surface area contributed by atoms with Crippen molar-refractivity contribution in [3.8, 4) is 5.75 Å². The van der Waals surface area contributed by atoms with Gasteiger partial charge in [-0.05, 0) is 74.8 Å². The number of ether oxygens (including phenoxy) is 1. The molecule has 0 atom stereocenters. The van der Waals surface area contributed by atoms with Crippen LogP contribution in [0.25, 0.3) is 0 Å². The Morgan fingerprint density at radius 3 is 2.35 bits per heavy atom. The van der Waals surface area contributed by atoms with Crippen LogP contribution in [0.5, 0.6) is 5.75 Å². The van der Waals surface area contributed by atoms with Crippen molar-refractivity contribution in [2.24, 2.45) is 0 Å². The van der Waals surface area contributed by atoms with Crippen LogP contribution in [0.3, 0.4) is 0 Å². The predicted octanol–water partition coefficient (Wildman–Crippen LogP) is 4.38. The van der Waals surface area contributed by atoms with Crippen LogP contribution in [0.1, 0.15) is 46.6 Å². The van der Waals surface area contributed by atoms with Crippen LogP contribution in [-0.4, -0.2) is 82.5 Å². The van der Waals surface area contributed by atoms with Gasteiger partial charge in [0.15, 0.2) is 5.75 Å². The molecule has 2 aromatic heterocycles. The third-order valence-corrected chi connectivity index (χ3v) is 7.51. The summed E-state index contributed by atoms with van der Waals surface area (Å²) in [5, 5.41) is 2.81. The van der Waals surface area contributed by atoms with Gasteiger partial charge in [0, 0.05) is 62.6 Å². The van der Waals surface area contributed by atoms with Gasteiger partial charge in [-0.2, -0.15) is 0 Å². The second-order valence-electron chi connectivity index (χ2n) is 10.6. The fourth-order valence-corrected chi connectivity index (χ4v) is 5.17. The van der Waals surface area contributed by atoms with Gasteiger partial charge >= 0.3 is 6.09 Å². The molecule has 2 aliphatic rings. The molecule has 0 unspecified atom stereocenters. The number of hydrogen-bond acceptors (Lipinski definition) is 7. The Labute approximate surface area is 236 Å². The van der Waals surface area contributed by atoms with Gasteiger partial charge in [-0.15, -0.1) is 0 Å². The minimum Gasteiger partial charge on any atom is -0.409 e. The van der Waals surface area contributed by atoms with Crippen LogP contribution in [0, 0.1) is 6.92 Å². The molecule has 2 saturated heterocycles. The van der Waals surface area contributed by atoms with Crippen molar-refractivity contribution in [1.29, 1.82) is 0 Å². The lowest BCUT2D eigenvalue weighted by Crippen LogP contribution is -2.49. The molecule has 0 aliphatic carbocycles. The minimum absolute atomic E-state index is 0.224. The molecule has 2 aliphatic heterocycles. The number of amides is 2. The molecule has 0 saturated carbocycles. The van der Waals surface area contributed by atoms with Crippen LogP contribution in [0.15, 0.2) is 60.8 Å². The van der Waals surface area contributed by atoms with Crippen molar-refractivity contribution in [2.45, 2.75) is 39.2 Å². The first-order chi connectivity index (χ1) is 19.5. The van der Waals surface area contributed by atoms with E-state index >= 15 is 0 Å². The molecule has 0 bridgehead atoms. The Bertz CT molecular complexity index is 1270. The largest absolute Gasteiger partial charge is 0.415 e. The van der Waals surface area contributed by atoms with Gasteiger partial charge < -0.3 is 15.0 Å². The Hall–Kier alpha value is -3.82. The molecule has 9 nitrogen and oxygen atoms in total. The number of aromatic nitrogens is 2. The number of piperidine rings is 1. The molecule has 1 aromatic carbocycles. The fourth-order valence-electron chi connectivity index (χ4n) is 5.17. The molecular formula is C31H38N6O3. The molecule has 0 radical (unpaired) electrons. The molecular weight excluding hydrogens is 504 g/mol. The van der Waals surface area contributed by atoms with Crippen molar-refractivity contribution in [1.82, 2.24) is 24.7 Å². The number of anilines is 1. The van der Waals surface area contributed by atoms with Crippen LogP contribution < -0.4 is 10.1 Å². The normalized spacial score (nSPS) is 16.5. The number of piperazine rings is 1. The lowest BCUT2D eigenvalue weighted by atomic mass is 10.1. The number of benzene rings is 1. The number of aryl methyl sites for hydroxylation is 1. The zero-order valence-corrected chi connectivity index (χ0v) is 23.2. The number of nitrogens with one attached hydrogen (secondary N) is 1. The predicted molar refractivity (Wildman–Crippen MR) is 154 cm³/mol. The summed E-state index contributed by atoms with van der Waals surface area (Å²) in [7, 11) is 0. The van der Waals surface area contributed by atoms with Crippen LogP contribution in [0.4, 0.5) is 10.6 Å². The molecule has 2 amide bonds. The zero-order chi connectivity index (χ0) is 27.7. The van der Waals surface area contributed by atoms with Crippen LogP contribution >= 0.6 is 0 Å². The number of hydrogen-bond donors (Lipinski definition) is 1. The van der Waals surface area contributed by atoms with E-state index in [0.717, 1.165) is 57.1 Å². The van der Waals surface area contributed by atoms with Gasteiger partial charge in [-0.25, -0.2) is 9.78 Å². The van der Waals surface area contributed by atoms with Crippen molar-refractivity contribution in [2.75, 3.05) is 51.1 Å². The molecule has 4 heterocycles. The molecule has 2 fully saturated rings. The Morgan fingerprint density at radius 2 is 1.65 bits per heavy atom. The highest BCUT2D eigenvalue weighted by molar-refractivity contribution is 6.03. The van der Waals surface area contributed by atoms with Crippen LogP contribution in [0.2, 0.25) is 0 Å². The van der Waals surface area contributed by atoms with Crippen molar-refractivity contribution >= 4 is 17.8 Å². The zero-order valence-electron chi connectivity index (χ0n) is 23.2. The number of rotatable bonds is 8. The summed E-state index contributed by atoms with van der Waals surface area (Å²) in [6.45, 7) is 8.93. The molecule has 0 spiro atoms. The summed E-state index contributed by atoms with van der Waals surface area (Å²) < 4.78 is 5.53. The highest BCUT2D eigenvalue weighted by atomic mass is 16.6. The summed E-state index contributed by atoms with van der Waals surface area (Å²) in [6.07, 6.45) is 5.80. The summed E-state index contributed by atoms with van der Waals surface area (Å²) in [5.41, 5.74) is 3.91. The van der Waals surface area contributed by atoms with Crippen molar-refractivity contribution < 1.29 is 14.3 Å². The van der Waals surface area contributed by atoms with E-state index in [0.29, 0.717) is 30.2 Å². The first-order valence-corrected chi connectivity index (χ1v) is 14.2. The van der Waals surface area contributed by atoms with Crippen molar-refractivity contribution in [3.05, 3.63) is 83.3 Å². The molecule has 3 aromatic rings. The first-order valence-electron chi connectivity index (χ1n) is 14.2. The van der Waals surface area contributed by atoms with Gasteiger partial charge in [0.05, 0.1) is 6.20 Å². The van der Waals surface area contributed by atoms with Crippen LogP contribution in [-0.2, 0) is 13.0 Å². The number of carbonyl (C=O) groups is 2. The molecule has 210 valence electrons. The summed E-state index contributed by atoms with van der Waals surface area (Å²) in [5.74, 6) is 0.523.